The van der Waals surface area contributed by atoms with Crippen molar-refractivity contribution in [1.29, 1.82) is 0 Å². The Bertz CT molecular complexity index is 457. The fourth-order valence-electron chi connectivity index (χ4n) is 2.80. The van der Waals surface area contributed by atoms with Crippen LogP contribution < -0.4 is 15.2 Å². The van der Waals surface area contributed by atoms with Gasteiger partial charge in [-0.25, -0.2) is 0 Å². The molecule has 2 aliphatic heterocycles. The van der Waals surface area contributed by atoms with Gasteiger partial charge in [0.1, 0.15) is 0 Å². The molecule has 3 atom stereocenters. The lowest BCUT2D eigenvalue weighted by Crippen LogP contribution is -2.29. The van der Waals surface area contributed by atoms with E-state index in [4.69, 9.17) is 19.9 Å². The van der Waals surface area contributed by atoms with Crippen LogP contribution in [0.3, 0.4) is 0 Å². The van der Waals surface area contributed by atoms with Gasteiger partial charge >= 0.3 is 0 Å². The van der Waals surface area contributed by atoms with Gasteiger partial charge in [-0.2, -0.15) is 0 Å². The van der Waals surface area contributed by atoms with Crippen LogP contribution in [0, 0.1) is 11.8 Å². The largest absolute Gasteiger partial charge is 0.489 e. The van der Waals surface area contributed by atoms with Gasteiger partial charge in [0.2, 0.25) is 0 Å². The number of hydrogen-bond donors (Lipinski definition) is 1. The molecule has 20 heavy (non-hydrogen) atoms. The second-order valence-corrected chi connectivity index (χ2v) is 5.94. The molecule has 1 aromatic rings. The van der Waals surface area contributed by atoms with E-state index in [9.17, 15) is 0 Å². The Hall–Kier alpha value is -1.26. The first-order chi connectivity index (χ1) is 9.74. The highest BCUT2D eigenvalue weighted by Crippen LogP contribution is 2.35. The van der Waals surface area contributed by atoms with Gasteiger partial charge in [-0.1, -0.05) is 13.0 Å². The van der Waals surface area contributed by atoms with Gasteiger partial charge < -0.3 is 19.9 Å². The fraction of sp³-hybridized carbons (Fsp3) is 0.625. The Morgan fingerprint density at radius 1 is 1.15 bits per heavy atom. The molecule has 1 aromatic carbocycles. The summed E-state index contributed by atoms with van der Waals surface area (Å²) in [4.78, 5) is 0. The maximum absolute atomic E-state index is 6.39. The van der Waals surface area contributed by atoms with E-state index in [0.717, 1.165) is 43.1 Å². The van der Waals surface area contributed by atoms with Crippen LogP contribution >= 0.6 is 0 Å². The van der Waals surface area contributed by atoms with E-state index < -0.39 is 0 Å². The van der Waals surface area contributed by atoms with Crippen LogP contribution in [0.25, 0.3) is 0 Å². The molecule has 1 saturated heterocycles. The number of fused-ring (bicyclic) bond motifs is 1. The Balaban J connectivity index is 1.77. The summed E-state index contributed by atoms with van der Waals surface area (Å²) in [6.07, 6.45) is 2.23. The van der Waals surface area contributed by atoms with Crippen molar-refractivity contribution in [1.82, 2.24) is 0 Å². The minimum absolute atomic E-state index is 0.00452. The van der Waals surface area contributed by atoms with Gasteiger partial charge in [0.15, 0.2) is 11.5 Å². The molecule has 0 saturated carbocycles. The van der Waals surface area contributed by atoms with E-state index in [2.05, 4.69) is 13.0 Å². The molecule has 0 aromatic heterocycles. The lowest BCUT2D eigenvalue weighted by atomic mass is 9.89. The molecular weight excluding hydrogens is 254 g/mol. The summed E-state index contributed by atoms with van der Waals surface area (Å²) in [7, 11) is 0. The van der Waals surface area contributed by atoms with Crippen molar-refractivity contribution in [3.8, 4) is 11.5 Å². The molecule has 2 aliphatic rings. The highest BCUT2D eigenvalue weighted by Gasteiger charge is 2.24. The van der Waals surface area contributed by atoms with Crippen molar-refractivity contribution >= 4 is 0 Å². The van der Waals surface area contributed by atoms with Gasteiger partial charge in [-0.05, 0) is 30.5 Å². The van der Waals surface area contributed by atoms with Crippen molar-refractivity contribution in [3.05, 3.63) is 23.8 Å². The molecule has 0 spiro atoms. The van der Waals surface area contributed by atoms with Crippen LogP contribution in [0.2, 0.25) is 0 Å². The monoisotopic (exact) mass is 277 g/mol. The lowest BCUT2D eigenvalue weighted by molar-refractivity contribution is 0.0447. The van der Waals surface area contributed by atoms with E-state index in [-0.39, 0.29) is 6.04 Å². The number of rotatable bonds is 2. The van der Waals surface area contributed by atoms with Crippen LogP contribution in [0.15, 0.2) is 18.2 Å². The molecule has 2 N–H and O–H groups in total. The number of hydrogen-bond acceptors (Lipinski definition) is 4. The third-order valence-electron chi connectivity index (χ3n) is 4.10. The highest BCUT2D eigenvalue weighted by molar-refractivity contribution is 5.44. The zero-order valence-corrected chi connectivity index (χ0v) is 12.0. The summed E-state index contributed by atoms with van der Waals surface area (Å²) >= 11 is 0. The predicted octanol–water partition coefficient (Wildman–Crippen LogP) is 2.52. The van der Waals surface area contributed by atoms with Crippen molar-refractivity contribution in [2.24, 2.45) is 17.6 Å². The minimum Gasteiger partial charge on any atom is -0.489 e. The summed E-state index contributed by atoms with van der Waals surface area (Å²) in [6, 6.07) is 6.07. The average molecular weight is 277 g/mol. The topological polar surface area (TPSA) is 53.7 Å². The molecule has 3 unspecified atom stereocenters. The first-order valence-corrected chi connectivity index (χ1v) is 7.47. The predicted molar refractivity (Wildman–Crippen MR) is 77.1 cm³/mol. The summed E-state index contributed by atoms with van der Waals surface area (Å²) < 4.78 is 17.1. The van der Waals surface area contributed by atoms with E-state index in [1.807, 2.05) is 12.1 Å². The molecule has 0 radical (unpaired) electrons. The molecular formula is C16H23NO3. The van der Waals surface area contributed by atoms with Gasteiger partial charge in [0, 0.05) is 24.5 Å². The van der Waals surface area contributed by atoms with Crippen LogP contribution in [0.1, 0.15) is 31.4 Å². The normalized spacial score (nSPS) is 27.7. The number of nitrogens with two attached hydrogens (primary N) is 1. The van der Waals surface area contributed by atoms with Gasteiger partial charge in [0.05, 0.1) is 19.8 Å². The molecule has 0 amide bonds. The third kappa shape index (κ3) is 2.91. The number of ether oxygens (including phenoxy) is 3. The minimum atomic E-state index is 0.00452. The standard InChI is InChI=1S/C16H23NO3/c1-11-8-19-14-5-4-12(7-15(14)20-9-11)16(17)13-3-2-6-18-10-13/h4-5,7,11,13,16H,2-3,6,8-10,17H2,1H3. The first kappa shape index (κ1) is 13.7. The lowest BCUT2D eigenvalue weighted by Gasteiger charge is -2.28. The van der Waals surface area contributed by atoms with Crippen LogP contribution in [0.4, 0.5) is 0 Å². The fourth-order valence-corrected chi connectivity index (χ4v) is 2.80. The maximum atomic E-state index is 6.39. The van der Waals surface area contributed by atoms with Gasteiger partial charge in [-0.15, -0.1) is 0 Å². The van der Waals surface area contributed by atoms with Crippen molar-refractivity contribution in [3.63, 3.8) is 0 Å². The Kier molecular flexibility index (Phi) is 4.13. The second kappa shape index (κ2) is 6.02. The molecule has 2 heterocycles. The summed E-state index contributed by atoms with van der Waals surface area (Å²) in [6.45, 7) is 5.14. The Morgan fingerprint density at radius 2 is 1.95 bits per heavy atom. The first-order valence-electron chi connectivity index (χ1n) is 7.47. The molecule has 3 rings (SSSR count). The van der Waals surface area contributed by atoms with Crippen LogP contribution in [-0.2, 0) is 4.74 Å². The van der Waals surface area contributed by atoms with E-state index in [1.54, 1.807) is 0 Å². The summed E-state index contributed by atoms with van der Waals surface area (Å²) in [5, 5.41) is 0. The molecule has 0 bridgehead atoms. The smallest absolute Gasteiger partial charge is 0.161 e. The SMILES string of the molecule is CC1COc2ccc(C(N)C3CCCOC3)cc2OC1. The van der Waals surface area contributed by atoms with Crippen molar-refractivity contribution in [2.75, 3.05) is 26.4 Å². The van der Waals surface area contributed by atoms with Crippen molar-refractivity contribution in [2.45, 2.75) is 25.8 Å². The average Bonchev–Trinajstić information content (AvgIpc) is 2.69. The molecule has 4 nitrogen and oxygen atoms in total. The molecule has 0 aliphatic carbocycles. The Labute approximate surface area is 120 Å². The van der Waals surface area contributed by atoms with Crippen LogP contribution in [0.5, 0.6) is 11.5 Å². The van der Waals surface area contributed by atoms with E-state index >= 15 is 0 Å². The van der Waals surface area contributed by atoms with Crippen LogP contribution in [-0.4, -0.2) is 26.4 Å². The number of benzene rings is 1. The Morgan fingerprint density at radius 3 is 2.70 bits per heavy atom. The van der Waals surface area contributed by atoms with Crippen molar-refractivity contribution < 1.29 is 14.2 Å². The molecule has 4 heteroatoms. The molecule has 1 fully saturated rings. The highest BCUT2D eigenvalue weighted by atomic mass is 16.5. The summed E-state index contributed by atoms with van der Waals surface area (Å²) in [5.41, 5.74) is 7.50. The maximum Gasteiger partial charge on any atom is 0.161 e. The zero-order valence-electron chi connectivity index (χ0n) is 12.0. The summed E-state index contributed by atoms with van der Waals surface area (Å²) in [5.74, 6) is 2.45. The zero-order chi connectivity index (χ0) is 13.9. The van der Waals surface area contributed by atoms with E-state index in [0.29, 0.717) is 25.0 Å². The second-order valence-electron chi connectivity index (χ2n) is 5.94. The molecule has 110 valence electrons. The van der Waals surface area contributed by atoms with E-state index in [1.165, 1.54) is 0 Å². The quantitative estimate of drug-likeness (QED) is 0.902. The third-order valence-corrected chi connectivity index (χ3v) is 4.10. The van der Waals surface area contributed by atoms with Gasteiger partial charge in [-0.3, -0.25) is 0 Å². The van der Waals surface area contributed by atoms with Gasteiger partial charge in [0.25, 0.3) is 0 Å².